The highest BCUT2D eigenvalue weighted by Gasteiger charge is 2.15. The van der Waals surface area contributed by atoms with Gasteiger partial charge in [0.25, 0.3) is 0 Å². The molecule has 0 radical (unpaired) electrons. The highest BCUT2D eigenvalue weighted by atomic mass is 16.5. The van der Waals surface area contributed by atoms with Gasteiger partial charge in [-0.15, -0.1) is 0 Å². The van der Waals surface area contributed by atoms with Crippen LogP contribution >= 0.6 is 0 Å². The maximum Gasteiger partial charge on any atom is 0.249 e. The molecule has 0 saturated carbocycles. The van der Waals surface area contributed by atoms with Crippen molar-refractivity contribution < 1.29 is 14.3 Å². The third-order valence-electron chi connectivity index (χ3n) is 1.89. The van der Waals surface area contributed by atoms with Crippen molar-refractivity contribution >= 4 is 11.8 Å². The van der Waals surface area contributed by atoms with Gasteiger partial charge in [-0.25, -0.2) is 0 Å². The van der Waals surface area contributed by atoms with Crippen LogP contribution in [0.1, 0.15) is 20.3 Å². The molecule has 0 aliphatic heterocycles. The first-order valence-corrected chi connectivity index (χ1v) is 5.21. The number of nitrogens with one attached hydrogen (secondary N) is 1. The number of hydrogen-bond donors (Lipinski definition) is 1. The summed E-state index contributed by atoms with van der Waals surface area (Å²) in [7, 11) is 1.56. The summed E-state index contributed by atoms with van der Waals surface area (Å²) in [6.45, 7) is 5.04. The zero-order valence-electron chi connectivity index (χ0n) is 9.71. The van der Waals surface area contributed by atoms with Crippen LogP contribution in [0.4, 0.5) is 0 Å². The minimum atomic E-state index is -0.159. The predicted octanol–water partition coefficient (Wildman–Crippen LogP) is 0.00750. The molecule has 0 aliphatic carbocycles. The molecule has 5 heteroatoms. The van der Waals surface area contributed by atoms with Gasteiger partial charge in [-0.1, -0.05) is 6.92 Å². The number of amides is 2. The number of carbonyl (C=O) groups is 2. The molecule has 0 bridgehead atoms. The lowest BCUT2D eigenvalue weighted by atomic mass is 10.3. The molecule has 5 nitrogen and oxygen atoms in total. The number of nitrogens with zero attached hydrogens (tertiary/aromatic N) is 1. The summed E-state index contributed by atoms with van der Waals surface area (Å²) in [5.74, 6) is -0.296. The quantitative estimate of drug-likeness (QED) is 0.652. The molecule has 0 aromatic carbocycles. The maximum atomic E-state index is 11.6. The standard InChI is InChI=1S/C10H20N2O3/c1-4-6-12(7-9(13)11-3)10(14)8-15-5-2/h4-8H2,1-3H3,(H,11,13). The highest BCUT2D eigenvalue weighted by molar-refractivity contribution is 5.85. The van der Waals surface area contributed by atoms with Crippen LogP contribution in [-0.2, 0) is 14.3 Å². The van der Waals surface area contributed by atoms with Gasteiger partial charge < -0.3 is 15.0 Å². The Morgan fingerprint density at radius 3 is 2.47 bits per heavy atom. The lowest BCUT2D eigenvalue weighted by Gasteiger charge is -2.20. The molecule has 0 atom stereocenters. The third-order valence-corrected chi connectivity index (χ3v) is 1.89. The van der Waals surface area contributed by atoms with Crippen LogP contribution in [0, 0.1) is 0 Å². The van der Waals surface area contributed by atoms with Crippen molar-refractivity contribution in [3.05, 3.63) is 0 Å². The van der Waals surface area contributed by atoms with E-state index in [2.05, 4.69) is 5.32 Å². The van der Waals surface area contributed by atoms with Crippen molar-refractivity contribution in [2.24, 2.45) is 0 Å². The second-order valence-corrected chi connectivity index (χ2v) is 3.13. The first kappa shape index (κ1) is 13.9. The van der Waals surface area contributed by atoms with Gasteiger partial charge in [-0.3, -0.25) is 9.59 Å². The summed E-state index contributed by atoms with van der Waals surface area (Å²) in [5, 5.41) is 2.49. The number of hydrogen-bond acceptors (Lipinski definition) is 3. The molecular formula is C10H20N2O3. The molecule has 0 unspecified atom stereocenters. The Labute approximate surface area is 90.8 Å². The zero-order valence-corrected chi connectivity index (χ0v) is 9.71. The number of carbonyl (C=O) groups excluding carboxylic acids is 2. The van der Waals surface area contributed by atoms with Gasteiger partial charge in [0.15, 0.2) is 0 Å². The van der Waals surface area contributed by atoms with E-state index < -0.39 is 0 Å². The topological polar surface area (TPSA) is 58.6 Å². The summed E-state index contributed by atoms with van der Waals surface area (Å²) < 4.78 is 5.01. The molecule has 0 aliphatic rings. The van der Waals surface area contributed by atoms with Gasteiger partial charge >= 0.3 is 0 Å². The lowest BCUT2D eigenvalue weighted by Crippen LogP contribution is -2.41. The molecule has 0 saturated heterocycles. The highest BCUT2D eigenvalue weighted by Crippen LogP contribution is 1.94. The van der Waals surface area contributed by atoms with Crippen LogP contribution in [0.2, 0.25) is 0 Å². The Hall–Kier alpha value is -1.10. The number of ether oxygens (including phenoxy) is 1. The Balaban J connectivity index is 4.11. The molecule has 1 N–H and O–H groups in total. The SMILES string of the molecule is CCCN(CC(=O)NC)C(=O)COCC. The van der Waals surface area contributed by atoms with Gasteiger partial charge in [0, 0.05) is 20.2 Å². The maximum absolute atomic E-state index is 11.6. The van der Waals surface area contributed by atoms with Gasteiger partial charge in [0.2, 0.25) is 11.8 Å². The van der Waals surface area contributed by atoms with Gasteiger partial charge in [0.1, 0.15) is 6.61 Å². The summed E-state index contributed by atoms with van der Waals surface area (Å²) >= 11 is 0. The number of rotatable bonds is 7. The molecule has 15 heavy (non-hydrogen) atoms. The molecule has 0 rings (SSSR count). The fraction of sp³-hybridized carbons (Fsp3) is 0.800. The average molecular weight is 216 g/mol. The third kappa shape index (κ3) is 6.06. The lowest BCUT2D eigenvalue weighted by molar-refractivity contribution is -0.139. The molecule has 88 valence electrons. The largest absolute Gasteiger partial charge is 0.372 e. The smallest absolute Gasteiger partial charge is 0.249 e. The number of likely N-dealkylation sites (N-methyl/N-ethyl adjacent to an activating group) is 1. The van der Waals surface area contributed by atoms with Crippen molar-refractivity contribution in [3.8, 4) is 0 Å². The first-order valence-electron chi connectivity index (χ1n) is 5.21. The van der Waals surface area contributed by atoms with Crippen LogP contribution in [-0.4, -0.2) is 50.1 Å². The van der Waals surface area contributed by atoms with Crippen LogP contribution in [0.15, 0.2) is 0 Å². The summed E-state index contributed by atoms with van der Waals surface area (Å²) in [4.78, 5) is 24.2. The van der Waals surface area contributed by atoms with Gasteiger partial charge in [0.05, 0.1) is 6.54 Å². The Morgan fingerprint density at radius 1 is 1.33 bits per heavy atom. The van der Waals surface area contributed by atoms with Crippen LogP contribution < -0.4 is 5.32 Å². The summed E-state index contributed by atoms with van der Waals surface area (Å²) in [6, 6.07) is 0. The van der Waals surface area contributed by atoms with E-state index >= 15 is 0 Å². The van der Waals surface area contributed by atoms with E-state index in [-0.39, 0.29) is 25.0 Å². The minimum absolute atomic E-state index is 0.0491. The average Bonchev–Trinajstić information content (AvgIpc) is 2.24. The van der Waals surface area contributed by atoms with E-state index in [1.165, 1.54) is 4.90 Å². The fourth-order valence-electron chi connectivity index (χ4n) is 1.09. The second-order valence-electron chi connectivity index (χ2n) is 3.13. The van der Waals surface area contributed by atoms with Gasteiger partial charge in [-0.05, 0) is 13.3 Å². The van der Waals surface area contributed by atoms with Crippen molar-refractivity contribution in [2.45, 2.75) is 20.3 Å². The predicted molar refractivity (Wildman–Crippen MR) is 57.4 cm³/mol. The van der Waals surface area contributed by atoms with Crippen molar-refractivity contribution in [1.82, 2.24) is 10.2 Å². The summed E-state index contributed by atoms with van der Waals surface area (Å²) in [5.41, 5.74) is 0. The molecule has 0 spiro atoms. The minimum Gasteiger partial charge on any atom is -0.372 e. The van der Waals surface area contributed by atoms with Crippen molar-refractivity contribution in [3.63, 3.8) is 0 Å². The van der Waals surface area contributed by atoms with Crippen LogP contribution in [0.25, 0.3) is 0 Å². The first-order chi connectivity index (χ1) is 7.15. The van der Waals surface area contributed by atoms with Crippen molar-refractivity contribution in [1.29, 1.82) is 0 Å². The zero-order chi connectivity index (χ0) is 11.7. The van der Waals surface area contributed by atoms with E-state index in [1.54, 1.807) is 7.05 Å². The molecule has 0 heterocycles. The normalized spacial score (nSPS) is 9.80. The van der Waals surface area contributed by atoms with E-state index in [1.807, 2.05) is 13.8 Å². The molecule has 0 aromatic heterocycles. The molecule has 0 aromatic rings. The van der Waals surface area contributed by atoms with E-state index in [0.717, 1.165) is 6.42 Å². The van der Waals surface area contributed by atoms with Crippen LogP contribution in [0.5, 0.6) is 0 Å². The Bertz CT molecular complexity index is 207. The second kappa shape index (κ2) is 8.23. The summed E-state index contributed by atoms with van der Waals surface area (Å²) in [6.07, 6.45) is 0.828. The van der Waals surface area contributed by atoms with Crippen molar-refractivity contribution in [2.75, 3.05) is 33.4 Å². The molecule has 2 amide bonds. The van der Waals surface area contributed by atoms with E-state index in [4.69, 9.17) is 4.74 Å². The monoisotopic (exact) mass is 216 g/mol. The fourth-order valence-corrected chi connectivity index (χ4v) is 1.09. The van der Waals surface area contributed by atoms with Gasteiger partial charge in [-0.2, -0.15) is 0 Å². The molecule has 0 fully saturated rings. The van der Waals surface area contributed by atoms with E-state index in [0.29, 0.717) is 13.2 Å². The van der Waals surface area contributed by atoms with E-state index in [9.17, 15) is 9.59 Å². The Kier molecular flexibility index (Phi) is 7.62. The molecular weight excluding hydrogens is 196 g/mol. The Morgan fingerprint density at radius 2 is 2.00 bits per heavy atom. The van der Waals surface area contributed by atoms with Crippen LogP contribution in [0.3, 0.4) is 0 Å².